The highest BCUT2D eigenvalue weighted by molar-refractivity contribution is 7.80. The lowest BCUT2D eigenvalue weighted by atomic mass is 10.0. The van der Waals surface area contributed by atoms with Crippen LogP contribution in [0.3, 0.4) is 0 Å². The number of hydrogen-bond acceptors (Lipinski definition) is 6. The minimum Gasteiger partial charge on any atom is -0.480 e. The van der Waals surface area contributed by atoms with Crippen molar-refractivity contribution in [1.29, 1.82) is 0 Å². The number of thiol groups is 1. The lowest BCUT2D eigenvalue weighted by Gasteiger charge is -2.23. The summed E-state index contributed by atoms with van der Waals surface area (Å²) in [6.45, 7) is 3.73. The fourth-order valence-electron chi connectivity index (χ4n) is 1.82. The first-order chi connectivity index (χ1) is 11.6. The molecule has 0 rings (SSSR count). The number of hydrogen-bond donors (Lipinski definition) is 7. The SMILES string of the molecule is CC(C)[C@H](N)C(=O)N[C@@H](CCCNC(N)=O)C(=O)N[C@@H](CS)C(=O)O. The average Bonchev–Trinajstić information content (AvgIpc) is 2.53. The largest absolute Gasteiger partial charge is 0.480 e. The smallest absolute Gasteiger partial charge is 0.327 e. The Balaban J connectivity index is 4.91. The number of amides is 4. The van der Waals surface area contributed by atoms with Gasteiger partial charge in [-0.2, -0.15) is 12.6 Å². The molecule has 8 N–H and O–H groups in total. The van der Waals surface area contributed by atoms with Crippen LogP contribution >= 0.6 is 12.6 Å². The Morgan fingerprint density at radius 3 is 2.08 bits per heavy atom. The Kier molecular flexibility index (Phi) is 10.6. The van der Waals surface area contributed by atoms with Gasteiger partial charge in [0.1, 0.15) is 12.1 Å². The van der Waals surface area contributed by atoms with E-state index in [9.17, 15) is 19.2 Å². The molecule has 0 radical (unpaired) electrons. The number of urea groups is 1. The molecule has 0 bridgehead atoms. The van der Waals surface area contributed by atoms with Gasteiger partial charge >= 0.3 is 12.0 Å². The maximum atomic E-state index is 12.3. The molecule has 0 aromatic carbocycles. The second-order valence-electron chi connectivity index (χ2n) is 5.85. The fourth-order valence-corrected chi connectivity index (χ4v) is 2.06. The van der Waals surface area contributed by atoms with Crippen molar-refractivity contribution in [3.63, 3.8) is 0 Å². The van der Waals surface area contributed by atoms with Crippen LogP contribution in [0, 0.1) is 5.92 Å². The summed E-state index contributed by atoms with van der Waals surface area (Å²) in [5.41, 5.74) is 10.7. The van der Waals surface area contributed by atoms with Gasteiger partial charge in [-0.1, -0.05) is 13.8 Å². The quantitative estimate of drug-likeness (QED) is 0.168. The van der Waals surface area contributed by atoms with Gasteiger partial charge < -0.3 is 32.5 Å². The molecule has 25 heavy (non-hydrogen) atoms. The molecule has 0 aromatic rings. The number of carboxylic acid groups (broad SMARTS) is 1. The van der Waals surface area contributed by atoms with E-state index in [1.807, 2.05) is 0 Å². The van der Waals surface area contributed by atoms with Crippen molar-refractivity contribution in [3.8, 4) is 0 Å². The Morgan fingerprint density at radius 2 is 1.64 bits per heavy atom. The Morgan fingerprint density at radius 1 is 1.08 bits per heavy atom. The molecule has 3 atom stereocenters. The van der Waals surface area contributed by atoms with E-state index in [0.717, 1.165) is 0 Å². The van der Waals surface area contributed by atoms with E-state index < -0.39 is 41.9 Å². The Hall–Kier alpha value is -2.01. The van der Waals surface area contributed by atoms with Crippen LogP contribution in [0.1, 0.15) is 26.7 Å². The maximum Gasteiger partial charge on any atom is 0.327 e. The van der Waals surface area contributed by atoms with Crippen molar-refractivity contribution < 1.29 is 24.3 Å². The first kappa shape index (κ1) is 23.0. The molecule has 0 heterocycles. The summed E-state index contributed by atoms with van der Waals surface area (Å²) in [5, 5.41) is 16.2. The summed E-state index contributed by atoms with van der Waals surface area (Å²) >= 11 is 3.87. The van der Waals surface area contributed by atoms with Crippen LogP contribution in [0.2, 0.25) is 0 Å². The summed E-state index contributed by atoms with van der Waals surface area (Å²) in [7, 11) is 0. The molecule has 0 saturated carbocycles. The topological polar surface area (TPSA) is 177 Å². The molecule has 4 amide bonds. The van der Waals surface area contributed by atoms with Crippen molar-refractivity contribution >= 4 is 36.4 Å². The van der Waals surface area contributed by atoms with E-state index in [4.69, 9.17) is 16.6 Å². The Labute approximate surface area is 151 Å². The van der Waals surface area contributed by atoms with Crippen LogP contribution in [-0.2, 0) is 14.4 Å². The molecule has 0 aliphatic rings. The van der Waals surface area contributed by atoms with Crippen molar-refractivity contribution in [2.75, 3.05) is 12.3 Å². The van der Waals surface area contributed by atoms with E-state index in [1.165, 1.54) is 0 Å². The van der Waals surface area contributed by atoms with Gasteiger partial charge in [0.05, 0.1) is 6.04 Å². The minimum atomic E-state index is -1.23. The molecule has 0 fully saturated rings. The van der Waals surface area contributed by atoms with Crippen molar-refractivity contribution in [1.82, 2.24) is 16.0 Å². The maximum absolute atomic E-state index is 12.3. The minimum absolute atomic E-state index is 0.101. The number of rotatable bonds is 11. The van der Waals surface area contributed by atoms with Crippen LogP contribution in [0.25, 0.3) is 0 Å². The van der Waals surface area contributed by atoms with Crippen LogP contribution in [0.4, 0.5) is 4.79 Å². The van der Waals surface area contributed by atoms with Gasteiger partial charge in [0.15, 0.2) is 0 Å². The lowest BCUT2D eigenvalue weighted by Crippen LogP contribution is -2.55. The van der Waals surface area contributed by atoms with Crippen LogP contribution < -0.4 is 27.4 Å². The number of carbonyl (C=O) groups excluding carboxylic acids is 3. The molecule has 10 nitrogen and oxygen atoms in total. The number of primary amides is 1. The summed E-state index contributed by atoms with van der Waals surface area (Å²) in [4.78, 5) is 46.1. The lowest BCUT2D eigenvalue weighted by molar-refractivity contribution is -0.141. The fraction of sp³-hybridized carbons (Fsp3) is 0.714. The van der Waals surface area contributed by atoms with Crippen LogP contribution in [0.5, 0.6) is 0 Å². The van der Waals surface area contributed by atoms with Crippen molar-refractivity contribution in [3.05, 3.63) is 0 Å². The van der Waals surface area contributed by atoms with Crippen LogP contribution in [-0.4, -0.2) is 59.3 Å². The van der Waals surface area contributed by atoms with E-state index >= 15 is 0 Å². The van der Waals surface area contributed by atoms with Gasteiger partial charge in [0.2, 0.25) is 11.8 Å². The first-order valence-electron chi connectivity index (χ1n) is 7.83. The predicted octanol–water partition coefficient (Wildman–Crippen LogP) is -1.60. The highest BCUT2D eigenvalue weighted by atomic mass is 32.1. The Bertz CT molecular complexity index is 488. The van der Waals surface area contributed by atoms with E-state index in [1.54, 1.807) is 13.8 Å². The third-order valence-electron chi connectivity index (χ3n) is 3.42. The predicted molar refractivity (Wildman–Crippen MR) is 95.0 cm³/mol. The first-order valence-corrected chi connectivity index (χ1v) is 8.46. The summed E-state index contributed by atoms with van der Waals surface area (Å²) < 4.78 is 0. The summed E-state index contributed by atoms with van der Waals surface area (Å²) in [6, 6.07) is -3.68. The zero-order valence-corrected chi connectivity index (χ0v) is 15.2. The second kappa shape index (κ2) is 11.5. The van der Waals surface area contributed by atoms with Gasteiger partial charge in [0.25, 0.3) is 0 Å². The van der Waals surface area contributed by atoms with E-state index in [0.29, 0.717) is 6.42 Å². The standard InChI is InChI=1S/C14H27N5O5S/c1-7(2)10(15)12(21)18-8(4-3-5-17-14(16)24)11(20)19-9(6-25)13(22)23/h7-10,25H,3-6,15H2,1-2H3,(H,18,21)(H,19,20)(H,22,23)(H3,16,17,24)/t8-,9-,10-/m0/s1. The number of nitrogens with one attached hydrogen (secondary N) is 3. The molecule has 144 valence electrons. The van der Waals surface area contributed by atoms with Gasteiger partial charge in [-0.25, -0.2) is 9.59 Å². The van der Waals surface area contributed by atoms with Gasteiger partial charge in [-0.05, 0) is 18.8 Å². The van der Waals surface area contributed by atoms with E-state index in [-0.39, 0.29) is 24.6 Å². The second-order valence-corrected chi connectivity index (χ2v) is 6.21. The molecule has 0 unspecified atom stereocenters. The number of nitrogens with two attached hydrogens (primary N) is 2. The zero-order valence-electron chi connectivity index (χ0n) is 14.3. The monoisotopic (exact) mass is 377 g/mol. The van der Waals surface area contributed by atoms with Gasteiger partial charge in [-0.3, -0.25) is 9.59 Å². The van der Waals surface area contributed by atoms with Crippen LogP contribution in [0.15, 0.2) is 0 Å². The average molecular weight is 377 g/mol. The molecule has 0 spiro atoms. The molecule has 0 aromatic heterocycles. The summed E-state index contributed by atoms with van der Waals surface area (Å²) in [6.07, 6.45) is 0.512. The van der Waals surface area contributed by atoms with E-state index in [2.05, 4.69) is 28.6 Å². The normalized spacial score (nSPS) is 14.3. The van der Waals surface area contributed by atoms with Gasteiger partial charge in [-0.15, -0.1) is 0 Å². The third-order valence-corrected chi connectivity index (χ3v) is 3.79. The summed E-state index contributed by atoms with van der Waals surface area (Å²) in [5.74, 6) is -2.65. The third kappa shape index (κ3) is 9.15. The number of carboxylic acids is 1. The molecule has 0 saturated heterocycles. The number of carbonyl (C=O) groups is 4. The zero-order chi connectivity index (χ0) is 19.6. The number of aliphatic carboxylic acids is 1. The van der Waals surface area contributed by atoms with Crippen molar-refractivity contribution in [2.24, 2.45) is 17.4 Å². The highest BCUT2D eigenvalue weighted by Crippen LogP contribution is 2.03. The molecule has 11 heteroatoms. The highest BCUT2D eigenvalue weighted by Gasteiger charge is 2.27. The molecule has 0 aliphatic heterocycles. The van der Waals surface area contributed by atoms with Gasteiger partial charge in [0, 0.05) is 12.3 Å². The van der Waals surface area contributed by atoms with Crippen molar-refractivity contribution in [2.45, 2.75) is 44.8 Å². The molecule has 0 aliphatic carbocycles. The molecular weight excluding hydrogens is 350 g/mol. The molecular formula is C14H27N5O5S.